The largest absolute Gasteiger partial charge is 0.491 e. The maximum absolute atomic E-state index is 9.35. The topological polar surface area (TPSA) is 97.6 Å². The van der Waals surface area contributed by atoms with Gasteiger partial charge in [0.15, 0.2) is 0 Å². The van der Waals surface area contributed by atoms with Crippen LogP contribution in [-0.4, -0.2) is 61.1 Å². The van der Waals surface area contributed by atoms with Crippen molar-refractivity contribution in [2.75, 3.05) is 39.6 Å². The third-order valence-corrected chi connectivity index (χ3v) is 7.96. The van der Waals surface area contributed by atoms with E-state index >= 15 is 0 Å². The van der Waals surface area contributed by atoms with Crippen LogP contribution in [0.1, 0.15) is 44.9 Å². The van der Waals surface area contributed by atoms with Crippen LogP contribution in [0.3, 0.4) is 0 Å². The Kier molecular flexibility index (Phi) is 8.18. The van der Waals surface area contributed by atoms with Gasteiger partial charge in [0.05, 0.1) is 32.5 Å². The van der Waals surface area contributed by atoms with Crippen molar-refractivity contribution in [1.29, 1.82) is 0 Å². The number of fused-ring (bicyclic) bond motifs is 6. The lowest BCUT2D eigenvalue weighted by Gasteiger charge is -2.34. The monoisotopic (exact) mass is 568 g/mol. The van der Waals surface area contributed by atoms with Crippen molar-refractivity contribution in [2.45, 2.75) is 32.3 Å². The Morgan fingerprint density at radius 1 is 0.786 bits per heavy atom. The van der Waals surface area contributed by atoms with Gasteiger partial charge in [-0.2, -0.15) is 0 Å². The number of hydrogen-bond donors (Lipinski definition) is 3. The third kappa shape index (κ3) is 5.25. The van der Waals surface area contributed by atoms with Gasteiger partial charge < -0.3 is 34.3 Å². The number of aliphatic hydroxyl groups excluding tert-OH is 3. The zero-order valence-electron chi connectivity index (χ0n) is 23.9. The third-order valence-electron chi connectivity index (χ3n) is 7.96. The zero-order valence-corrected chi connectivity index (χ0v) is 23.9. The summed E-state index contributed by atoms with van der Waals surface area (Å²) in [6.07, 6.45) is 4.82. The normalized spacial score (nSPS) is 16.9. The lowest BCUT2D eigenvalue weighted by molar-refractivity contribution is 0.0546. The van der Waals surface area contributed by atoms with Crippen molar-refractivity contribution in [2.24, 2.45) is 0 Å². The van der Waals surface area contributed by atoms with E-state index < -0.39 is 0 Å². The van der Waals surface area contributed by atoms with Gasteiger partial charge in [-0.3, -0.25) is 0 Å². The lowest BCUT2D eigenvalue weighted by atomic mass is 9.75. The molecule has 0 bridgehead atoms. The van der Waals surface area contributed by atoms with Gasteiger partial charge in [0.1, 0.15) is 36.2 Å². The molecule has 1 heterocycles. The van der Waals surface area contributed by atoms with Crippen LogP contribution in [0.4, 0.5) is 0 Å². The fourth-order valence-electron chi connectivity index (χ4n) is 6.30. The van der Waals surface area contributed by atoms with Gasteiger partial charge >= 0.3 is 0 Å². The van der Waals surface area contributed by atoms with Gasteiger partial charge in [0.25, 0.3) is 0 Å². The molecule has 1 aliphatic carbocycles. The van der Waals surface area contributed by atoms with E-state index in [9.17, 15) is 15.3 Å². The molecule has 4 aromatic rings. The second kappa shape index (κ2) is 12.2. The van der Waals surface area contributed by atoms with Crippen LogP contribution in [0.25, 0.3) is 16.8 Å². The highest BCUT2D eigenvalue weighted by Crippen LogP contribution is 2.53. The number of benzene rings is 4. The molecule has 7 nitrogen and oxygen atoms in total. The summed E-state index contributed by atoms with van der Waals surface area (Å²) in [7, 11) is 0. The van der Waals surface area contributed by atoms with Crippen LogP contribution in [0, 0.1) is 13.8 Å². The van der Waals surface area contributed by atoms with Crippen molar-refractivity contribution in [3.8, 4) is 23.0 Å². The first-order valence-electron chi connectivity index (χ1n) is 14.4. The van der Waals surface area contributed by atoms with Crippen LogP contribution in [0.15, 0.2) is 60.7 Å². The summed E-state index contributed by atoms with van der Waals surface area (Å²) in [5.41, 5.74) is 7.62. The molecule has 6 rings (SSSR count). The van der Waals surface area contributed by atoms with Gasteiger partial charge in [0.2, 0.25) is 0 Å². The molecule has 0 amide bonds. The molecule has 0 spiro atoms. The van der Waals surface area contributed by atoms with Crippen LogP contribution < -0.4 is 14.2 Å². The minimum absolute atomic E-state index is 0.00930. The van der Waals surface area contributed by atoms with Crippen LogP contribution in [0.2, 0.25) is 0 Å². The highest BCUT2D eigenvalue weighted by Gasteiger charge is 2.34. The predicted molar refractivity (Wildman–Crippen MR) is 162 cm³/mol. The van der Waals surface area contributed by atoms with Crippen LogP contribution in [0.5, 0.6) is 23.0 Å². The summed E-state index contributed by atoms with van der Waals surface area (Å²) in [6, 6.07) is 18.6. The second-order valence-corrected chi connectivity index (χ2v) is 10.8. The van der Waals surface area contributed by atoms with Gasteiger partial charge in [-0.1, -0.05) is 42.5 Å². The fourth-order valence-corrected chi connectivity index (χ4v) is 6.30. The summed E-state index contributed by atoms with van der Waals surface area (Å²) in [6.45, 7) is 4.77. The van der Waals surface area contributed by atoms with E-state index in [1.165, 1.54) is 5.56 Å². The van der Waals surface area contributed by atoms with Gasteiger partial charge in [-0.25, -0.2) is 0 Å². The predicted octanol–water partition coefficient (Wildman–Crippen LogP) is 5.43. The van der Waals surface area contributed by atoms with Crippen molar-refractivity contribution in [1.82, 2.24) is 0 Å². The molecule has 7 heteroatoms. The molecule has 0 saturated carbocycles. The summed E-state index contributed by atoms with van der Waals surface area (Å²) < 4.78 is 24.1. The molecule has 2 atom stereocenters. The van der Waals surface area contributed by atoms with Gasteiger partial charge in [-0.05, 0) is 76.7 Å². The minimum Gasteiger partial charge on any atom is -0.491 e. The summed E-state index contributed by atoms with van der Waals surface area (Å²) >= 11 is 0. The van der Waals surface area contributed by atoms with E-state index in [1.807, 2.05) is 38.1 Å². The number of aryl methyl sites for hydroxylation is 2. The molecule has 218 valence electrons. The number of rotatable bonds is 10. The fraction of sp³-hybridized carbons (Fsp3) is 0.314. The first-order chi connectivity index (χ1) is 20.5. The summed E-state index contributed by atoms with van der Waals surface area (Å²) in [5, 5.41) is 29.9. The molecule has 0 radical (unpaired) electrons. The molecule has 1 aliphatic heterocycles. The molecule has 42 heavy (non-hydrogen) atoms. The van der Waals surface area contributed by atoms with Crippen molar-refractivity contribution < 1.29 is 34.3 Å². The van der Waals surface area contributed by atoms with Gasteiger partial charge in [0, 0.05) is 23.5 Å². The maximum Gasteiger partial charge on any atom is 0.132 e. The first-order valence-corrected chi connectivity index (χ1v) is 14.4. The Balaban J connectivity index is 1.55. The quantitative estimate of drug-likeness (QED) is 0.207. The van der Waals surface area contributed by atoms with Crippen LogP contribution >= 0.6 is 0 Å². The zero-order chi connectivity index (χ0) is 29.2. The second-order valence-electron chi connectivity index (χ2n) is 10.8. The minimum atomic E-state index is -0.129. The number of hydrogen-bond acceptors (Lipinski definition) is 7. The van der Waals surface area contributed by atoms with Crippen molar-refractivity contribution in [3.63, 3.8) is 0 Å². The van der Waals surface area contributed by atoms with E-state index in [0.717, 1.165) is 61.4 Å². The average Bonchev–Trinajstić information content (AvgIpc) is 3.00. The molecule has 4 aromatic carbocycles. The molecule has 0 fully saturated rings. The molecule has 2 aliphatic rings. The highest BCUT2D eigenvalue weighted by molar-refractivity contribution is 5.92. The summed E-state index contributed by atoms with van der Waals surface area (Å²) in [5.74, 6) is 3.00. The standard InChI is InChI=1S/C35H36O7/c1-21-17-25(18-22(2)35(21)41-16-13-38)32-33-28-7-5-26(39-14-11-36)19-23(28)3-9-30(33)42-31-10-4-24-20-27(40-15-12-37)6-8-29(24)34(31)32/h3-10,17-19,27,32,36-38H,11-16,20H2,1-2H3. The van der Waals surface area contributed by atoms with Crippen molar-refractivity contribution in [3.05, 3.63) is 99.6 Å². The molecular weight excluding hydrogens is 532 g/mol. The average molecular weight is 569 g/mol. The lowest BCUT2D eigenvalue weighted by Crippen LogP contribution is -2.21. The van der Waals surface area contributed by atoms with Crippen LogP contribution in [-0.2, 0) is 11.2 Å². The Bertz CT molecular complexity index is 1620. The van der Waals surface area contributed by atoms with E-state index in [0.29, 0.717) is 18.8 Å². The first kappa shape index (κ1) is 28.2. The Labute approximate surface area is 245 Å². The van der Waals surface area contributed by atoms with E-state index in [4.69, 9.17) is 18.9 Å². The summed E-state index contributed by atoms with van der Waals surface area (Å²) in [4.78, 5) is 0. The Hall–Kier alpha value is -3.88. The smallest absolute Gasteiger partial charge is 0.132 e. The number of aliphatic hydroxyl groups is 3. The van der Waals surface area contributed by atoms with E-state index in [2.05, 4.69) is 42.5 Å². The highest BCUT2D eigenvalue weighted by atomic mass is 16.5. The van der Waals surface area contributed by atoms with E-state index in [-0.39, 0.29) is 45.1 Å². The molecule has 0 saturated heterocycles. The number of ether oxygens (including phenoxy) is 4. The maximum atomic E-state index is 9.35. The SMILES string of the molecule is Cc1cc(C2c3c(ccc4c3C=CC(OCCO)C4)Oc3ccc4cc(OCCO)ccc4c32)cc(C)c1OCCO. The Morgan fingerprint density at radius 3 is 2.26 bits per heavy atom. The molecule has 3 N–H and O–H groups in total. The molecule has 0 aromatic heterocycles. The van der Waals surface area contributed by atoms with Crippen molar-refractivity contribution >= 4 is 16.8 Å². The molecular formula is C35H36O7. The molecule has 2 unspecified atom stereocenters. The van der Waals surface area contributed by atoms with Gasteiger partial charge in [-0.15, -0.1) is 0 Å². The van der Waals surface area contributed by atoms with E-state index in [1.54, 1.807) is 0 Å². The Morgan fingerprint density at radius 2 is 1.50 bits per heavy atom.